The minimum absolute atomic E-state index is 0.0299. The zero-order valence-corrected chi connectivity index (χ0v) is 37.7. The van der Waals surface area contributed by atoms with Gasteiger partial charge in [0.25, 0.3) is 5.69 Å². The Kier molecular flexibility index (Phi) is 11.3. The van der Waals surface area contributed by atoms with Crippen LogP contribution < -0.4 is 0 Å². The molecule has 356 valence electrons. The molecule has 0 aromatic heterocycles. The quantitative estimate of drug-likeness (QED) is 0.0522. The Morgan fingerprint density at radius 3 is 2.06 bits per heavy atom. The van der Waals surface area contributed by atoms with Crippen molar-refractivity contribution in [2.45, 2.75) is 125 Å². The van der Waals surface area contributed by atoms with Crippen LogP contribution in [0.3, 0.4) is 0 Å². The number of ether oxygens (including phenoxy) is 7. The molecule has 3 aromatic carbocycles. The Bertz CT molecular complexity index is 2440. The number of benzene rings is 3. The number of hydrogen-bond donors (Lipinski definition) is 3. The molecule has 2 spiro atoms. The monoisotopic (exact) mass is 923 g/mol. The van der Waals surface area contributed by atoms with E-state index in [1.54, 1.807) is 67.6 Å². The first-order chi connectivity index (χ1) is 32.1. The van der Waals surface area contributed by atoms with Crippen LogP contribution in [0.1, 0.15) is 96.8 Å². The molecule has 3 aliphatic carbocycles. The van der Waals surface area contributed by atoms with Gasteiger partial charge in [0.1, 0.15) is 41.2 Å². The molecule has 3 saturated carbocycles. The highest BCUT2D eigenvalue weighted by Crippen LogP contribution is 2.76. The standard InChI is InChI=1S/C51H57NO15/c1-28(2)47-25-34(26-61-43(54)31-16-10-7-11-17-31)50-38-41(47)65-51(66-47,67-50)36(62-44(55)33-21-23-35(24-22-33)52(59)60)20-14-6-5-9-15-29(3)37-30(4)40(63-45(56)32-18-12-8-13-19-32)49(58,39(37)50)46(57)48(27-53)42(38)64-48/h7-8,10-13,16-19,21-24,29-30,34,36-42,46,53,57-58H,1,5-6,9,14-15,20,25-27H2,2-4H3/t29-,30+,34+,36-,37+,38-,39-,40+,41-,42+,46-,47-,48+,49-,50-,51?/m1/s1. The number of esters is 3. The summed E-state index contributed by atoms with van der Waals surface area (Å²) in [6.07, 6.45) is -2.84. The highest BCUT2D eigenvalue weighted by atomic mass is 16.9. The van der Waals surface area contributed by atoms with Crippen molar-refractivity contribution >= 4 is 23.6 Å². The van der Waals surface area contributed by atoms with Crippen LogP contribution in [0.25, 0.3) is 0 Å². The summed E-state index contributed by atoms with van der Waals surface area (Å²) in [5, 5.41) is 50.1. The molecule has 0 amide bonds. The van der Waals surface area contributed by atoms with E-state index in [1.807, 2.05) is 6.92 Å². The zero-order chi connectivity index (χ0) is 47.3. The molecule has 4 heterocycles. The van der Waals surface area contributed by atoms with E-state index in [-0.39, 0.29) is 42.2 Å². The third-order valence-corrected chi connectivity index (χ3v) is 16.5. The van der Waals surface area contributed by atoms with E-state index in [2.05, 4.69) is 13.5 Å². The molecule has 1 unspecified atom stereocenters. The van der Waals surface area contributed by atoms with Gasteiger partial charge < -0.3 is 48.5 Å². The van der Waals surface area contributed by atoms with E-state index in [0.717, 1.165) is 19.3 Å². The van der Waals surface area contributed by atoms with Crippen molar-refractivity contribution in [2.75, 3.05) is 13.2 Å². The highest BCUT2D eigenvalue weighted by Gasteiger charge is 2.91. The van der Waals surface area contributed by atoms with Crippen LogP contribution in [-0.4, -0.2) is 110 Å². The van der Waals surface area contributed by atoms with E-state index >= 15 is 0 Å². The molecule has 16 heteroatoms. The second-order valence-corrected chi connectivity index (χ2v) is 20.0. The molecule has 4 aliphatic heterocycles. The average Bonchev–Trinajstić information content (AvgIpc) is 3.97. The first-order valence-electron chi connectivity index (χ1n) is 23.4. The molecule has 7 fully saturated rings. The van der Waals surface area contributed by atoms with Gasteiger partial charge in [0, 0.05) is 29.9 Å². The number of epoxide rings is 1. The number of aliphatic hydroxyl groups is 3. The third kappa shape index (κ3) is 6.76. The van der Waals surface area contributed by atoms with Gasteiger partial charge >= 0.3 is 23.9 Å². The number of nitrogens with zero attached hydrogens (tertiary/aromatic N) is 1. The fourth-order valence-electron chi connectivity index (χ4n) is 13.4. The number of non-ortho nitro benzene ring substituents is 1. The predicted octanol–water partition coefficient (Wildman–Crippen LogP) is 6.10. The SMILES string of the molecule is C=C(C)[C@]12C[C@@H](COC(=O)c3ccccc3)[C@@]34OC5(O[C@@H]1[C@@H]3[C@@H]1O[C@]1(CO)[C@@H](O)[C@@]1(O)[C@H]4[C@H]([C@H](C)[C@@H]1OC(=O)c1ccccc1)[C@H](C)CCCCCC[C@H]5OC(=O)c1ccc([N+](=O)[O-])cc1)O2. The van der Waals surface area contributed by atoms with Gasteiger partial charge in [-0.3, -0.25) is 10.1 Å². The Hall–Kier alpha value is -5.07. The molecule has 16 atom stereocenters. The molecule has 3 aromatic rings. The Balaban J connectivity index is 1.19. The number of nitro benzene ring substituents is 1. The Labute approximate surface area is 387 Å². The lowest BCUT2D eigenvalue weighted by molar-refractivity contribution is -0.458. The van der Waals surface area contributed by atoms with Crippen molar-refractivity contribution in [2.24, 2.45) is 35.5 Å². The van der Waals surface area contributed by atoms with Crippen molar-refractivity contribution < 1.29 is 67.8 Å². The summed E-state index contributed by atoms with van der Waals surface area (Å²) in [7, 11) is 0. The van der Waals surface area contributed by atoms with E-state index in [0.29, 0.717) is 24.0 Å². The Morgan fingerprint density at radius 2 is 1.43 bits per heavy atom. The molecular weight excluding hydrogens is 867 g/mol. The number of carbonyl (C=O) groups excluding carboxylic acids is 3. The van der Waals surface area contributed by atoms with Gasteiger partial charge in [0.05, 0.1) is 40.4 Å². The van der Waals surface area contributed by atoms with Crippen molar-refractivity contribution in [3.63, 3.8) is 0 Å². The van der Waals surface area contributed by atoms with E-state index in [9.17, 15) is 39.8 Å². The second-order valence-electron chi connectivity index (χ2n) is 20.0. The summed E-state index contributed by atoms with van der Waals surface area (Å²) in [6.45, 7) is 9.17. The number of fused-ring (bicyclic) bond motifs is 1. The first kappa shape index (κ1) is 45.7. The maximum atomic E-state index is 14.3. The van der Waals surface area contributed by atoms with Crippen LogP contribution in [-0.2, 0) is 33.2 Å². The minimum atomic E-state index is -2.40. The summed E-state index contributed by atoms with van der Waals surface area (Å²) in [6, 6.07) is 21.9. The minimum Gasteiger partial charge on any atom is -0.462 e. The second kappa shape index (κ2) is 16.6. The van der Waals surface area contributed by atoms with Crippen LogP contribution >= 0.6 is 0 Å². The molecule has 10 rings (SSSR count). The van der Waals surface area contributed by atoms with Gasteiger partial charge in [-0.1, -0.05) is 82.5 Å². The molecular formula is C51H57NO15. The maximum absolute atomic E-state index is 14.3. The van der Waals surface area contributed by atoms with Gasteiger partial charge in [-0.2, -0.15) is 0 Å². The molecule has 0 radical (unpaired) electrons. The molecule has 67 heavy (non-hydrogen) atoms. The van der Waals surface area contributed by atoms with Crippen molar-refractivity contribution in [3.8, 4) is 0 Å². The van der Waals surface area contributed by atoms with Crippen LogP contribution in [0.2, 0.25) is 0 Å². The maximum Gasteiger partial charge on any atom is 0.338 e. The topological polar surface area (TPSA) is 223 Å². The molecule has 7 aliphatic rings. The van der Waals surface area contributed by atoms with Crippen LogP contribution in [0, 0.1) is 45.6 Å². The van der Waals surface area contributed by atoms with Crippen molar-refractivity contribution in [1.29, 1.82) is 0 Å². The van der Waals surface area contributed by atoms with E-state index in [1.165, 1.54) is 24.3 Å². The molecule has 3 bridgehead atoms. The number of nitro groups is 1. The normalized spacial score (nSPS) is 41.3. The van der Waals surface area contributed by atoms with Gasteiger partial charge in [-0.05, 0) is 85.9 Å². The smallest absolute Gasteiger partial charge is 0.338 e. The molecule has 16 nitrogen and oxygen atoms in total. The highest BCUT2D eigenvalue weighted by molar-refractivity contribution is 5.90. The fourth-order valence-corrected chi connectivity index (χ4v) is 13.4. The van der Waals surface area contributed by atoms with Crippen LogP contribution in [0.4, 0.5) is 5.69 Å². The average molecular weight is 924 g/mol. The number of aliphatic hydroxyl groups excluding tert-OH is 2. The van der Waals surface area contributed by atoms with Crippen molar-refractivity contribution in [3.05, 3.63) is 124 Å². The fraction of sp³-hybridized carbons (Fsp3) is 0.549. The van der Waals surface area contributed by atoms with Crippen LogP contribution in [0.15, 0.2) is 97.1 Å². The Morgan fingerprint density at radius 1 is 0.821 bits per heavy atom. The number of carbonyl (C=O) groups is 3. The molecule has 3 N–H and O–H groups in total. The number of hydrogen-bond acceptors (Lipinski definition) is 15. The van der Waals surface area contributed by atoms with Crippen molar-refractivity contribution in [1.82, 2.24) is 0 Å². The summed E-state index contributed by atoms with van der Waals surface area (Å²) in [4.78, 5) is 53.4. The van der Waals surface area contributed by atoms with Gasteiger partial charge in [0.2, 0.25) is 0 Å². The van der Waals surface area contributed by atoms with E-state index < -0.39 is 118 Å². The van der Waals surface area contributed by atoms with E-state index in [4.69, 9.17) is 33.2 Å². The zero-order valence-electron chi connectivity index (χ0n) is 37.7. The van der Waals surface area contributed by atoms with Gasteiger partial charge in [-0.25, -0.2) is 14.4 Å². The third-order valence-electron chi connectivity index (χ3n) is 16.5. The summed E-state index contributed by atoms with van der Waals surface area (Å²) < 4.78 is 47.8. The van der Waals surface area contributed by atoms with Gasteiger partial charge in [-0.15, -0.1) is 0 Å². The molecule has 4 saturated heterocycles. The lowest BCUT2D eigenvalue weighted by Gasteiger charge is -2.62. The summed E-state index contributed by atoms with van der Waals surface area (Å²) in [5.74, 6) is -8.78. The summed E-state index contributed by atoms with van der Waals surface area (Å²) >= 11 is 0. The summed E-state index contributed by atoms with van der Waals surface area (Å²) in [5.41, 5.74) is -6.54. The lowest BCUT2D eigenvalue weighted by atomic mass is 9.51. The van der Waals surface area contributed by atoms with Gasteiger partial charge in [0.15, 0.2) is 6.10 Å². The largest absolute Gasteiger partial charge is 0.462 e. The lowest BCUT2D eigenvalue weighted by Crippen LogP contribution is -2.75. The first-order valence-corrected chi connectivity index (χ1v) is 23.4. The van der Waals surface area contributed by atoms with Crippen LogP contribution in [0.5, 0.6) is 0 Å². The number of rotatable bonds is 10. The predicted molar refractivity (Wildman–Crippen MR) is 235 cm³/mol.